The number of carbonyl (C=O) groups excluding carboxylic acids is 1. The van der Waals surface area contributed by atoms with Gasteiger partial charge in [0, 0.05) is 11.4 Å². The monoisotopic (exact) mass is 455 g/mol. The van der Waals surface area contributed by atoms with Gasteiger partial charge in [0.15, 0.2) is 5.16 Å². The molecule has 1 aromatic carbocycles. The van der Waals surface area contributed by atoms with Crippen LogP contribution in [0.15, 0.2) is 28.2 Å². The van der Waals surface area contributed by atoms with Crippen LogP contribution in [0.5, 0.6) is 0 Å². The first kappa shape index (κ1) is 21.2. The number of nitrogens with one attached hydrogen (secondary N) is 1. The van der Waals surface area contributed by atoms with E-state index in [1.165, 1.54) is 23.1 Å². The number of aromatic nitrogens is 2. The molecule has 1 atom stereocenters. The predicted molar refractivity (Wildman–Crippen MR) is 119 cm³/mol. The lowest BCUT2D eigenvalue weighted by atomic mass is 10.2. The lowest BCUT2D eigenvalue weighted by Crippen LogP contribution is -2.26. The number of fused-ring (bicyclic) bond motifs is 1. The summed E-state index contributed by atoms with van der Waals surface area (Å²) in [5.74, 6) is -0.268. The first-order valence-electron chi connectivity index (χ1n) is 8.66. The number of carbonyl (C=O) groups is 1. The van der Waals surface area contributed by atoms with E-state index in [1.54, 1.807) is 29.7 Å². The summed E-state index contributed by atoms with van der Waals surface area (Å²) in [6.45, 7) is 8.04. The van der Waals surface area contributed by atoms with Crippen molar-refractivity contribution in [3.05, 3.63) is 49.0 Å². The average Bonchev–Trinajstić information content (AvgIpc) is 2.92. The molecule has 0 aliphatic rings. The number of benzene rings is 1. The molecule has 1 unspecified atom stereocenters. The van der Waals surface area contributed by atoms with Gasteiger partial charge in [-0.3, -0.25) is 14.2 Å². The Bertz CT molecular complexity index is 1100. The lowest BCUT2D eigenvalue weighted by Gasteiger charge is -2.16. The van der Waals surface area contributed by atoms with Gasteiger partial charge >= 0.3 is 0 Å². The van der Waals surface area contributed by atoms with Crippen molar-refractivity contribution in [2.75, 3.05) is 5.32 Å². The molecule has 0 spiro atoms. The summed E-state index contributed by atoms with van der Waals surface area (Å²) in [6, 6.07) is 5.03. The zero-order chi connectivity index (χ0) is 20.6. The molecule has 0 bridgehead atoms. The molecular weight excluding hydrogens is 437 g/mol. The number of para-hydroxylation sites is 1. The molecule has 0 saturated carbocycles. The number of halogens is 2. The molecule has 148 valence electrons. The van der Waals surface area contributed by atoms with Crippen LogP contribution in [0.4, 0.5) is 5.69 Å². The van der Waals surface area contributed by atoms with Crippen LogP contribution in [-0.2, 0) is 11.3 Å². The number of hydrogen-bond acceptors (Lipinski definition) is 5. The van der Waals surface area contributed by atoms with E-state index in [0.717, 1.165) is 10.4 Å². The summed E-state index contributed by atoms with van der Waals surface area (Å²) in [4.78, 5) is 32.0. The van der Waals surface area contributed by atoms with Crippen molar-refractivity contribution in [3.63, 3.8) is 0 Å². The highest BCUT2D eigenvalue weighted by molar-refractivity contribution is 8.00. The number of amides is 1. The number of aryl methyl sites for hydroxylation is 2. The Morgan fingerprint density at radius 3 is 2.57 bits per heavy atom. The van der Waals surface area contributed by atoms with Crippen LogP contribution in [0.3, 0.4) is 0 Å². The van der Waals surface area contributed by atoms with Gasteiger partial charge in [0.05, 0.1) is 26.4 Å². The highest BCUT2D eigenvalue weighted by Gasteiger charge is 2.22. The van der Waals surface area contributed by atoms with Crippen molar-refractivity contribution < 1.29 is 4.79 Å². The van der Waals surface area contributed by atoms with Crippen LogP contribution in [0, 0.1) is 13.8 Å². The van der Waals surface area contributed by atoms with Crippen molar-refractivity contribution in [3.8, 4) is 0 Å². The highest BCUT2D eigenvalue weighted by atomic mass is 35.5. The van der Waals surface area contributed by atoms with Gasteiger partial charge in [-0.2, -0.15) is 0 Å². The second-order valence-electron chi connectivity index (χ2n) is 6.25. The molecular formula is C19H19Cl2N3O2S2. The van der Waals surface area contributed by atoms with E-state index in [4.69, 9.17) is 23.2 Å². The van der Waals surface area contributed by atoms with E-state index in [1.807, 2.05) is 20.8 Å². The maximum atomic E-state index is 12.9. The number of hydrogen-bond donors (Lipinski definition) is 1. The molecule has 9 heteroatoms. The number of thioether (sulfide) groups is 1. The molecule has 2 aromatic heterocycles. The largest absolute Gasteiger partial charge is 0.323 e. The summed E-state index contributed by atoms with van der Waals surface area (Å²) < 4.78 is 1.61. The van der Waals surface area contributed by atoms with Crippen LogP contribution >= 0.6 is 46.3 Å². The highest BCUT2D eigenvalue weighted by Crippen LogP contribution is 2.32. The first-order chi connectivity index (χ1) is 13.2. The minimum absolute atomic E-state index is 0.0707. The molecule has 0 aliphatic heterocycles. The molecule has 0 aliphatic carbocycles. The van der Waals surface area contributed by atoms with E-state index in [-0.39, 0.29) is 11.5 Å². The van der Waals surface area contributed by atoms with Crippen LogP contribution in [0.2, 0.25) is 10.0 Å². The Balaban J connectivity index is 1.91. The SMILES string of the molecule is CCn1c(SC(C)C(=O)Nc2c(Cl)cccc2Cl)nc2sc(C)c(C)c2c1=O. The molecule has 0 fully saturated rings. The van der Waals surface area contributed by atoms with Gasteiger partial charge < -0.3 is 5.32 Å². The van der Waals surface area contributed by atoms with Gasteiger partial charge in [0.2, 0.25) is 5.91 Å². The molecule has 3 aromatic rings. The Kier molecular flexibility index (Phi) is 6.39. The number of thiophene rings is 1. The fourth-order valence-electron chi connectivity index (χ4n) is 2.73. The molecule has 0 radical (unpaired) electrons. The molecule has 0 saturated heterocycles. The Morgan fingerprint density at radius 1 is 1.32 bits per heavy atom. The molecule has 28 heavy (non-hydrogen) atoms. The third-order valence-corrected chi connectivity index (χ3v) is 7.25. The van der Waals surface area contributed by atoms with Crippen LogP contribution < -0.4 is 10.9 Å². The summed E-state index contributed by atoms with van der Waals surface area (Å²) in [7, 11) is 0. The Hall–Kier alpha value is -1.54. The molecule has 2 heterocycles. The van der Waals surface area contributed by atoms with Gasteiger partial charge in [-0.15, -0.1) is 11.3 Å². The van der Waals surface area contributed by atoms with Gasteiger partial charge in [-0.05, 0) is 45.4 Å². The van der Waals surface area contributed by atoms with Crippen molar-refractivity contribution in [2.45, 2.75) is 44.6 Å². The minimum Gasteiger partial charge on any atom is -0.323 e. The Labute approximate surface area is 181 Å². The average molecular weight is 456 g/mol. The predicted octanol–water partition coefficient (Wildman–Crippen LogP) is 5.52. The molecule has 3 rings (SSSR count). The second-order valence-corrected chi connectivity index (χ2v) is 9.58. The van der Waals surface area contributed by atoms with Crippen molar-refractivity contribution in [1.82, 2.24) is 9.55 Å². The van der Waals surface area contributed by atoms with Gasteiger partial charge in [-0.25, -0.2) is 4.98 Å². The smallest absolute Gasteiger partial charge is 0.263 e. The molecule has 1 N–H and O–H groups in total. The van der Waals surface area contributed by atoms with E-state index >= 15 is 0 Å². The summed E-state index contributed by atoms with van der Waals surface area (Å²) in [6.07, 6.45) is 0. The zero-order valence-electron chi connectivity index (χ0n) is 15.8. The standard InChI is InChI=1S/C19H19Cl2N3O2S2/c1-5-24-18(26)14-9(2)10(3)27-17(14)23-19(24)28-11(4)16(25)22-15-12(20)7-6-8-13(15)21/h6-8,11H,5H2,1-4H3,(H,22,25). The van der Waals surface area contributed by atoms with Crippen LogP contribution in [-0.4, -0.2) is 20.7 Å². The maximum Gasteiger partial charge on any atom is 0.263 e. The summed E-state index contributed by atoms with van der Waals surface area (Å²) in [5.41, 5.74) is 1.28. The fraction of sp³-hybridized carbons (Fsp3) is 0.316. The Morgan fingerprint density at radius 2 is 1.96 bits per heavy atom. The normalized spacial score (nSPS) is 12.4. The molecule has 1 amide bonds. The summed E-state index contributed by atoms with van der Waals surface area (Å²) in [5, 5.41) is 4.18. The fourth-order valence-corrected chi connectivity index (χ4v) is 5.27. The van der Waals surface area contributed by atoms with Gasteiger partial charge in [0.1, 0.15) is 4.83 Å². The van der Waals surface area contributed by atoms with Crippen molar-refractivity contribution in [1.29, 1.82) is 0 Å². The van der Waals surface area contributed by atoms with E-state index < -0.39 is 5.25 Å². The van der Waals surface area contributed by atoms with Crippen LogP contribution in [0.1, 0.15) is 24.3 Å². The first-order valence-corrected chi connectivity index (χ1v) is 11.1. The lowest BCUT2D eigenvalue weighted by molar-refractivity contribution is -0.115. The quantitative estimate of drug-likeness (QED) is 0.406. The van der Waals surface area contributed by atoms with E-state index in [0.29, 0.717) is 37.7 Å². The number of nitrogens with zero attached hydrogens (tertiary/aromatic N) is 2. The third-order valence-electron chi connectivity index (χ3n) is 4.43. The van der Waals surface area contributed by atoms with Crippen molar-refractivity contribution in [2.24, 2.45) is 0 Å². The number of rotatable bonds is 5. The van der Waals surface area contributed by atoms with E-state index in [2.05, 4.69) is 10.3 Å². The second kappa shape index (κ2) is 8.45. The van der Waals surface area contributed by atoms with Gasteiger partial charge in [0.25, 0.3) is 5.56 Å². The minimum atomic E-state index is -0.503. The van der Waals surface area contributed by atoms with Crippen molar-refractivity contribution >= 4 is 68.1 Å². The summed E-state index contributed by atoms with van der Waals surface area (Å²) >= 11 is 15.0. The van der Waals surface area contributed by atoms with Crippen LogP contribution in [0.25, 0.3) is 10.2 Å². The van der Waals surface area contributed by atoms with E-state index in [9.17, 15) is 9.59 Å². The maximum absolute atomic E-state index is 12.9. The topological polar surface area (TPSA) is 64.0 Å². The molecule has 5 nitrogen and oxygen atoms in total. The number of anilines is 1. The third kappa shape index (κ3) is 3.94. The van der Waals surface area contributed by atoms with Gasteiger partial charge in [-0.1, -0.05) is 41.0 Å². The zero-order valence-corrected chi connectivity index (χ0v) is 18.9.